The van der Waals surface area contributed by atoms with Crippen LogP contribution in [-0.4, -0.2) is 46.0 Å². The summed E-state index contributed by atoms with van der Waals surface area (Å²) in [5.74, 6) is 0. The second-order valence-electron chi connectivity index (χ2n) is 2.11. The third-order valence-electron chi connectivity index (χ3n) is 0.927. The fourth-order valence-electron chi connectivity index (χ4n) is 0.491. The molecule has 14 heavy (non-hydrogen) atoms. The zero-order valence-electron chi connectivity index (χ0n) is 7.93. The summed E-state index contributed by atoms with van der Waals surface area (Å²) < 4.78 is 23.8. The Balaban J connectivity index is 2.88. The van der Waals surface area contributed by atoms with E-state index in [1.807, 2.05) is 0 Å². The molecule has 0 atom stereocenters. The van der Waals surface area contributed by atoms with E-state index < -0.39 is 0 Å². The minimum atomic E-state index is -0.349. The van der Waals surface area contributed by atoms with Crippen LogP contribution in [0.2, 0.25) is 0 Å². The van der Waals surface area contributed by atoms with E-state index >= 15 is 0 Å². The van der Waals surface area contributed by atoms with Crippen molar-refractivity contribution in [2.45, 2.75) is 0 Å². The Labute approximate surface area is 87.8 Å². The first-order chi connectivity index (χ1) is 6.77. The summed E-state index contributed by atoms with van der Waals surface area (Å²) in [6.07, 6.45) is 0. The topological polar surface area (TPSA) is 63.2 Å². The summed E-state index contributed by atoms with van der Waals surface area (Å²) in [4.78, 5) is 10.3. The highest BCUT2D eigenvalue weighted by atomic mass is 32.1. The lowest BCUT2D eigenvalue weighted by atomic mass is 10.8. The van der Waals surface area contributed by atoms with Gasteiger partial charge in [-0.3, -0.25) is 4.79 Å². The second-order valence-corrected chi connectivity index (χ2v) is 2.61. The maximum Gasteiger partial charge on any atom is 0.211 e. The Morgan fingerprint density at radius 3 is 2.00 bits per heavy atom. The Bertz CT molecular complexity index is 142. The SMILES string of the molecule is COCOCOCOCOCC(=O)S. The van der Waals surface area contributed by atoms with Crippen molar-refractivity contribution in [2.75, 3.05) is 40.9 Å². The van der Waals surface area contributed by atoms with Crippen LogP contribution in [0.4, 0.5) is 0 Å². The van der Waals surface area contributed by atoms with Crippen LogP contribution in [0.15, 0.2) is 0 Å². The summed E-state index contributed by atoms with van der Waals surface area (Å²) in [6, 6.07) is 0. The standard InChI is InChI=1S/C7H14O6S/c1-9-3-11-5-13-6-12-4-10-2-7(8)14/h2-6H2,1H3,(H,8,14). The summed E-state index contributed by atoms with van der Waals surface area (Å²) in [5, 5.41) is -0.349. The zero-order valence-corrected chi connectivity index (χ0v) is 8.83. The highest BCUT2D eigenvalue weighted by Gasteiger charge is 1.93. The van der Waals surface area contributed by atoms with E-state index in [1.54, 1.807) is 0 Å². The Hall–Kier alpha value is -0.180. The summed E-state index contributed by atoms with van der Waals surface area (Å²) in [7, 11) is 1.51. The average Bonchev–Trinajstić information content (AvgIpc) is 2.15. The van der Waals surface area contributed by atoms with Crippen LogP contribution in [0.5, 0.6) is 0 Å². The molecule has 0 aromatic carbocycles. The molecule has 0 spiro atoms. The first-order valence-corrected chi connectivity index (χ1v) is 4.23. The van der Waals surface area contributed by atoms with Crippen LogP contribution < -0.4 is 0 Å². The molecule has 0 unspecified atom stereocenters. The van der Waals surface area contributed by atoms with E-state index in [0.717, 1.165) is 0 Å². The van der Waals surface area contributed by atoms with Gasteiger partial charge in [0.1, 0.15) is 20.2 Å². The van der Waals surface area contributed by atoms with Crippen LogP contribution in [0.25, 0.3) is 0 Å². The van der Waals surface area contributed by atoms with Crippen LogP contribution in [0, 0.1) is 0 Å². The van der Waals surface area contributed by atoms with E-state index in [0.29, 0.717) is 0 Å². The van der Waals surface area contributed by atoms with Gasteiger partial charge >= 0.3 is 0 Å². The van der Waals surface area contributed by atoms with Crippen molar-refractivity contribution in [3.8, 4) is 0 Å². The third-order valence-corrected chi connectivity index (χ3v) is 1.06. The van der Waals surface area contributed by atoms with Crippen molar-refractivity contribution in [3.05, 3.63) is 0 Å². The van der Waals surface area contributed by atoms with Gasteiger partial charge < -0.3 is 23.7 Å². The van der Waals surface area contributed by atoms with Gasteiger partial charge in [-0.2, -0.15) is 0 Å². The van der Waals surface area contributed by atoms with Gasteiger partial charge in [-0.1, -0.05) is 0 Å². The van der Waals surface area contributed by atoms with Crippen LogP contribution >= 0.6 is 12.6 Å². The first kappa shape index (κ1) is 13.8. The number of hydrogen-bond donors (Lipinski definition) is 1. The molecule has 0 aliphatic heterocycles. The molecule has 0 aliphatic carbocycles. The first-order valence-electron chi connectivity index (χ1n) is 3.79. The normalized spacial score (nSPS) is 10.4. The molecular formula is C7H14O6S. The molecule has 0 amide bonds. The molecule has 0 rings (SSSR count). The molecule has 0 aromatic heterocycles. The molecule has 0 N–H and O–H groups in total. The number of ether oxygens (including phenoxy) is 5. The molecule has 0 heterocycles. The lowest BCUT2D eigenvalue weighted by Crippen LogP contribution is -2.10. The number of carbonyl (C=O) groups excluding carboxylic acids is 1. The summed E-state index contributed by atoms with van der Waals surface area (Å²) in [6.45, 7) is 0.189. The molecule has 6 nitrogen and oxygen atoms in total. The predicted molar refractivity (Wildman–Crippen MR) is 49.7 cm³/mol. The molecule has 0 saturated carbocycles. The van der Waals surface area contributed by atoms with E-state index in [2.05, 4.69) is 17.4 Å². The summed E-state index contributed by atoms with van der Waals surface area (Å²) in [5.41, 5.74) is 0. The number of thiol groups is 1. The van der Waals surface area contributed by atoms with Gasteiger partial charge in [-0.15, -0.1) is 12.6 Å². The van der Waals surface area contributed by atoms with E-state index in [4.69, 9.17) is 18.9 Å². The fraction of sp³-hybridized carbons (Fsp3) is 0.857. The van der Waals surface area contributed by atoms with Gasteiger partial charge in [0.2, 0.25) is 5.12 Å². The smallest absolute Gasteiger partial charge is 0.211 e. The van der Waals surface area contributed by atoms with Gasteiger partial charge in [-0.05, 0) is 0 Å². The predicted octanol–water partition coefficient (Wildman–Crippen LogP) is -0.0144. The van der Waals surface area contributed by atoms with Gasteiger partial charge in [0.05, 0.1) is 0 Å². The molecule has 0 aliphatic rings. The maximum absolute atomic E-state index is 10.3. The molecule has 0 aromatic rings. The number of methoxy groups -OCH3 is 1. The number of carbonyl (C=O) groups is 1. The lowest BCUT2D eigenvalue weighted by Gasteiger charge is -2.05. The molecule has 0 fully saturated rings. The van der Waals surface area contributed by atoms with E-state index in [-0.39, 0.29) is 38.9 Å². The van der Waals surface area contributed by atoms with Crippen LogP contribution in [0.1, 0.15) is 0 Å². The number of hydrogen-bond acceptors (Lipinski definition) is 6. The van der Waals surface area contributed by atoms with Gasteiger partial charge in [0.15, 0.2) is 13.6 Å². The van der Waals surface area contributed by atoms with Crippen molar-refractivity contribution in [3.63, 3.8) is 0 Å². The zero-order chi connectivity index (χ0) is 10.6. The van der Waals surface area contributed by atoms with E-state index in [1.165, 1.54) is 7.11 Å². The lowest BCUT2D eigenvalue weighted by molar-refractivity contribution is -0.188. The van der Waals surface area contributed by atoms with Crippen molar-refractivity contribution in [1.29, 1.82) is 0 Å². The third kappa shape index (κ3) is 11.8. The quantitative estimate of drug-likeness (QED) is 0.321. The molecule has 84 valence electrons. The second kappa shape index (κ2) is 10.9. The minimum absolute atomic E-state index is 0.0173. The minimum Gasteiger partial charge on any atom is -0.359 e. The Morgan fingerprint density at radius 2 is 1.50 bits per heavy atom. The van der Waals surface area contributed by atoms with Gasteiger partial charge in [0, 0.05) is 7.11 Å². The highest BCUT2D eigenvalue weighted by molar-refractivity contribution is 7.96. The van der Waals surface area contributed by atoms with Crippen molar-refractivity contribution in [1.82, 2.24) is 0 Å². The largest absolute Gasteiger partial charge is 0.359 e. The average molecular weight is 226 g/mol. The van der Waals surface area contributed by atoms with Crippen molar-refractivity contribution in [2.24, 2.45) is 0 Å². The molecular weight excluding hydrogens is 212 g/mol. The van der Waals surface area contributed by atoms with Crippen LogP contribution in [-0.2, 0) is 28.5 Å². The number of rotatable bonds is 10. The van der Waals surface area contributed by atoms with Crippen molar-refractivity contribution >= 4 is 17.7 Å². The molecule has 0 saturated heterocycles. The van der Waals surface area contributed by atoms with E-state index in [9.17, 15) is 4.79 Å². The summed E-state index contributed by atoms with van der Waals surface area (Å²) >= 11 is 3.50. The van der Waals surface area contributed by atoms with Gasteiger partial charge in [0.25, 0.3) is 0 Å². The van der Waals surface area contributed by atoms with Crippen LogP contribution in [0.3, 0.4) is 0 Å². The highest BCUT2D eigenvalue weighted by Crippen LogP contribution is 1.85. The van der Waals surface area contributed by atoms with Crippen molar-refractivity contribution < 1.29 is 28.5 Å². The maximum atomic E-state index is 10.3. The molecule has 0 radical (unpaired) electrons. The molecule has 7 heteroatoms. The Morgan fingerprint density at radius 1 is 1.00 bits per heavy atom. The monoisotopic (exact) mass is 226 g/mol. The Kier molecular flexibility index (Phi) is 10.8. The van der Waals surface area contributed by atoms with Gasteiger partial charge in [-0.25, -0.2) is 0 Å². The molecule has 0 bridgehead atoms. The fourth-order valence-corrected chi connectivity index (χ4v) is 0.582.